The van der Waals surface area contributed by atoms with E-state index in [9.17, 15) is 4.79 Å². The van der Waals surface area contributed by atoms with Crippen molar-refractivity contribution in [2.45, 2.75) is 53.1 Å². The Bertz CT molecular complexity index is 415. The van der Waals surface area contributed by atoms with Crippen LogP contribution in [-0.2, 0) is 17.8 Å². The fraction of sp³-hybridized carbons (Fsp3) is 0.588. The van der Waals surface area contributed by atoms with Gasteiger partial charge in [-0.1, -0.05) is 45.0 Å². The Morgan fingerprint density at radius 3 is 2.40 bits per heavy atom. The number of carbonyl (C=O) groups is 1. The number of nitrogens with one attached hydrogen (secondary N) is 2. The molecule has 1 aromatic carbocycles. The van der Waals surface area contributed by atoms with Crippen LogP contribution in [0.3, 0.4) is 0 Å². The molecule has 0 aromatic heterocycles. The summed E-state index contributed by atoms with van der Waals surface area (Å²) in [5.74, 6) is 0.703. The molecule has 1 aromatic rings. The molecule has 1 amide bonds. The normalized spacial score (nSPS) is 12.4. The molecule has 20 heavy (non-hydrogen) atoms. The van der Waals surface area contributed by atoms with E-state index in [4.69, 9.17) is 0 Å². The van der Waals surface area contributed by atoms with E-state index in [2.05, 4.69) is 49.6 Å². The summed E-state index contributed by atoms with van der Waals surface area (Å²) in [6, 6.07) is 8.21. The summed E-state index contributed by atoms with van der Waals surface area (Å²) in [6.45, 7) is 9.89. The molecule has 0 aliphatic heterocycles. The number of rotatable bonds is 8. The van der Waals surface area contributed by atoms with E-state index < -0.39 is 0 Å². The van der Waals surface area contributed by atoms with Gasteiger partial charge >= 0.3 is 0 Å². The lowest BCUT2D eigenvalue weighted by Gasteiger charge is -2.16. The Hall–Kier alpha value is -1.35. The van der Waals surface area contributed by atoms with Crippen LogP contribution in [-0.4, -0.2) is 18.5 Å². The second-order valence-corrected chi connectivity index (χ2v) is 5.70. The largest absolute Gasteiger partial charge is 0.355 e. The summed E-state index contributed by atoms with van der Waals surface area (Å²) in [5.41, 5.74) is 2.62. The lowest BCUT2D eigenvalue weighted by molar-refractivity contribution is -0.122. The van der Waals surface area contributed by atoms with Gasteiger partial charge in [-0.25, -0.2) is 0 Å². The van der Waals surface area contributed by atoms with Gasteiger partial charge in [0.15, 0.2) is 0 Å². The predicted octanol–water partition coefficient (Wildman–Crippen LogP) is 2.89. The van der Waals surface area contributed by atoms with Crippen LogP contribution in [0.5, 0.6) is 0 Å². The van der Waals surface area contributed by atoms with Gasteiger partial charge in [0.1, 0.15) is 0 Å². The minimum absolute atomic E-state index is 0.0830. The van der Waals surface area contributed by atoms with Gasteiger partial charge in [-0.15, -0.1) is 0 Å². The Labute approximate surface area is 123 Å². The van der Waals surface area contributed by atoms with Gasteiger partial charge in [0, 0.05) is 13.1 Å². The van der Waals surface area contributed by atoms with Crippen LogP contribution >= 0.6 is 0 Å². The lowest BCUT2D eigenvalue weighted by Crippen LogP contribution is -2.42. The molecule has 2 N–H and O–H groups in total. The monoisotopic (exact) mass is 276 g/mol. The first-order valence-corrected chi connectivity index (χ1v) is 7.62. The Balaban J connectivity index is 2.38. The first-order valence-electron chi connectivity index (χ1n) is 7.62. The van der Waals surface area contributed by atoms with Crippen LogP contribution in [0.15, 0.2) is 24.3 Å². The molecule has 0 spiro atoms. The number of amides is 1. The van der Waals surface area contributed by atoms with Crippen molar-refractivity contribution in [1.82, 2.24) is 10.6 Å². The average Bonchev–Trinajstić information content (AvgIpc) is 2.44. The van der Waals surface area contributed by atoms with Gasteiger partial charge < -0.3 is 10.6 Å². The van der Waals surface area contributed by atoms with Crippen LogP contribution in [0.25, 0.3) is 0 Å². The highest BCUT2D eigenvalue weighted by molar-refractivity contribution is 5.81. The van der Waals surface area contributed by atoms with Crippen molar-refractivity contribution in [1.29, 1.82) is 0 Å². The minimum atomic E-state index is -0.160. The minimum Gasteiger partial charge on any atom is -0.355 e. The topological polar surface area (TPSA) is 41.1 Å². The number of hydrogen-bond acceptors (Lipinski definition) is 2. The fourth-order valence-corrected chi connectivity index (χ4v) is 2.07. The molecule has 0 heterocycles. The summed E-state index contributed by atoms with van der Waals surface area (Å²) in [5, 5.41) is 6.28. The first kappa shape index (κ1) is 16.7. The molecule has 0 aliphatic carbocycles. The standard InChI is InChI=1S/C17H28N2O/c1-5-15-8-6-7-9-16(15)12-19-14(4)17(20)18-11-10-13(2)3/h6-9,13-14,19H,5,10-12H2,1-4H3,(H,18,20). The molecule has 3 nitrogen and oxygen atoms in total. The molecular formula is C17H28N2O. The van der Waals surface area contributed by atoms with E-state index in [1.54, 1.807) is 0 Å². The molecule has 0 radical (unpaired) electrons. The first-order chi connectivity index (χ1) is 9.54. The summed E-state index contributed by atoms with van der Waals surface area (Å²) in [4.78, 5) is 11.9. The maximum atomic E-state index is 11.9. The molecular weight excluding hydrogens is 248 g/mol. The van der Waals surface area contributed by atoms with Crippen molar-refractivity contribution in [3.8, 4) is 0 Å². The molecule has 0 bridgehead atoms. The second-order valence-electron chi connectivity index (χ2n) is 5.70. The smallest absolute Gasteiger partial charge is 0.236 e. The molecule has 1 atom stereocenters. The zero-order valence-corrected chi connectivity index (χ0v) is 13.2. The van der Waals surface area contributed by atoms with E-state index in [1.165, 1.54) is 11.1 Å². The van der Waals surface area contributed by atoms with Gasteiger partial charge in [0.2, 0.25) is 5.91 Å². The van der Waals surface area contributed by atoms with E-state index in [-0.39, 0.29) is 11.9 Å². The molecule has 0 fully saturated rings. The van der Waals surface area contributed by atoms with Crippen molar-refractivity contribution in [2.75, 3.05) is 6.54 Å². The van der Waals surface area contributed by atoms with E-state index in [0.29, 0.717) is 5.92 Å². The van der Waals surface area contributed by atoms with E-state index in [1.807, 2.05) is 13.0 Å². The maximum Gasteiger partial charge on any atom is 0.236 e. The molecule has 0 saturated carbocycles. The maximum absolute atomic E-state index is 11.9. The molecule has 112 valence electrons. The van der Waals surface area contributed by atoms with Crippen molar-refractivity contribution in [2.24, 2.45) is 5.92 Å². The zero-order valence-electron chi connectivity index (χ0n) is 13.2. The second kappa shape index (κ2) is 8.75. The SMILES string of the molecule is CCc1ccccc1CNC(C)C(=O)NCCC(C)C. The van der Waals surface area contributed by atoms with Crippen molar-refractivity contribution in [3.05, 3.63) is 35.4 Å². The van der Waals surface area contributed by atoms with Gasteiger partial charge in [-0.05, 0) is 36.8 Å². The number of benzene rings is 1. The fourth-order valence-electron chi connectivity index (χ4n) is 2.07. The Morgan fingerprint density at radius 1 is 1.15 bits per heavy atom. The quantitative estimate of drug-likeness (QED) is 0.766. The third-order valence-electron chi connectivity index (χ3n) is 3.51. The molecule has 3 heteroatoms. The highest BCUT2D eigenvalue weighted by Gasteiger charge is 2.12. The summed E-state index contributed by atoms with van der Waals surface area (Å²) in [6.07, 6.45) is 2.05. The van der Waals surface area contributed by atoms with Crippen LogP contribution in [0.1, 0.15) is 45.2 Å². The average molecular weight is 276 g/mol. The predicted molar refractivity (Wildman–Crippen MR) is 84.6 cm³/mol. The summed E-state index contributed by atoms with van der Waals surface area (Å²) in [7, 11) is 0. The van der Waals surface area contributed by atoms with Crippen molar-refractivity contribution < 1.29 is 4.79 Å². The number of carbonyl (C=O) groups excluding carboxylic acids is 1. The molecule has 0 saturated heterocycles. The number of aryl methyl sites for hydroxylation is 1. The van der Waals surface area contributed by atoms with E-state index >= 15 is 0 Å². The Kier molecular flexibility index (Phi) is 7.31. The van der Waals surface area contributed by atoms with Gasteiger partial charge in [-0.2, -0.15) is 0 Å². The summed E-state index contributed by atoms with van der Waals surface area (Å²) < 4.78 is 0. The third kappa shape index (κ3) is 5.74. The summed E-state index contributed by atoms with van der Waals surface area (Å²) >= 11 is 0. The molecule has 1 rings (SSSR count). The highest BCUT2D eigenvalue weighted by atomic mass is 16.2. The van der Waals surface area contributed by atoms with Gasteiger partial charge in [-0.3, -0.25) is 4.79 Å². The van der Waals surface area contributed by atoms with Gasteiger partial charge in [0.05, 0.1) is 6.04 Å². The van der Waals surface area contributed by atoms with E-state index in [0.717, 1.165) is 25.9 Å². The van der Waals surface area contributed by atoms with Crippen LogP contribution in [0.4, 0.5) is 0 Å². The lowest BCUT2D eigenvalue weighted by atomic mass is 10.1. The van der Waals surface area contributed by atoms with Crippen LogP contribution < -0.4 is 10.6 Å². The number of hydrogen-bond donors (Lipinski definition) is 2. The van der Waals surface area contributed by atoms with Crippen molar-refractivity contribution in [3.63, 3.8) is 0 Å². The molecule has 1 unspecified atom stereocenters. The zero-order chi connectivity index (χ0) is 15.0. The molecule has 0 aliphatic rings. The van der Waals surface area contributed by atoms with Gasteiger partial charge in [0.25, 0.3) is 0 Å². The highest BCUT2D eigenvalue weighted by Crippen LogP contribution is 2.09. The Morgan fingerprint density at radius 2 is 1.80 bits per heavy atom. The van der Waals surface area contributed by atoms with Crippen molar-refractivity contribution >= 4 is 5.91 Å². The van der Waals surface area contributed by atoms with Crippen LogP contribution in [0, 0.1) is 5.92 Å². The third-order valence-corrected chi connectivity index (χ3v) is 3.51. The van der Waals surface area contributed by atoms with Crippen LogP contribution in [0.2, 0.25) is 0 Å².